The molecule has 1 heterocycles. The van der Waals surface area contributed by atoms with Gasteiger partial charge in [-0.1, -0.05) is 0 Å². The highest BCUT2D eigenvalue weighted by Gasteiger charge is 2.27. The maximum Gasteiger partial charge on any atom is 0.0734 e. The van der Waals surface area contributed by atoms with Gasteiger partial charge in [-0.3, -0.25) is 0 Å². The van der Waals surface area contributed by atoms with Crippen molar-refractivity contribution < 1.29 is 4.74 Å². The molecular formula is C6H9Cl3O. The Bertz CT molecular complexity index is 109. The van der Waals surface area contributed by atoms with Gasteiger partial charge < -0.3 is 4.74 Å². The molecule has 0 spiro atoms. The van der Waals surface area contributed by atoms with Crippen LogP contribution in [-0.2, 0) is 4.74 Å². The molecule has 0 saturated carbocycles. The first-order chi connectivity index (χ1) is 4.74. The number of halogens is 3. The van der Waals surface area contributed by atoms with E-state index in [1.165, 1.54) is 0 Å². The summed E-state index contributed by atoms with van der Waals surface area (Å²) in [6.07, 6.45) is 0.860. The summed E-state index contributed by atoms with van der Waals surface area (Å²) in [4.78, 5) is 0. The first-order valence-electron chi connectivity index (χ1n) is 3.19. The minimum absolute atomic E-state index is 0.0131. The lowest BCUT2D eigenvalue weighted by Gasteiger charge is -2.28. The monoisotopic (exact) mass is 202 g/mol. The van der Waals surface area contributed by atoms with Crippen LogP contribution < -0.4 is 0 Å². The van der Waals surface area contributed by atoms with Crippen molar-refractivity contribution in [3.8, 4) is 0 Å². The highest BCUT2D eigenvalue weighted by molar-refractivity contribution is 6.30. The van der Waals surface area contributed by atoms with Crippen LogP contribution in [0.2, 0.25) is 0 Å². The van der Waals surface area contributed by atoms with Gasteiger partial charge in [-0.05, 0) is 6.42 Å². The van der Waals surface area contributed by atoms with Crippen LogP contribution in [-0.4, -0.2) is 29.3 Å². The second kappa shape index (κ2) is 4.01. The molecule has 1 saturated heterocycles. The Labute approximate surface area is 75.6 Å². The molecule has 1 fully saturated rings. The highest BCUT2D eigenvalue weighted by atomic mass is 35.5. The number of rotatable bonds is 1. The van der Waals surface area contributed by atoms with Gasteiger partial charge in [-0.15, -0.1) is 34.8 Å². The van der Waals surface area contributed by atoms with Gasteiger partial charge in [0.05, 0.1) is 23.5 Å². The van der Waals surface area contributed by atoms with Crippen LogP contribution in [0.3, 0.4) is 0 Å². The lowest BCUT2D eigenvalue weighted by Crippen LogP contribution is -2.35. The van der Waals surface area contributed by atoms with E-state index in [0.717, 1.165) is 6.42 Å². The van der Waals surface area contributed by atoms with Crippen LogP contribution in [0.15, 0.2) is 0 Å². The Morgan fingerprint density at radius 2 is 2.00 bits per heavy atom. The molecule has 1 aliphatic heterocycles. The fraction of sp³-hybridized carbons (Fsp3) is 1.00. The normalized spacial score (nSPS) is 41.7. The Morgan fingerprint density at radius 1 is 1.30 bits per heavy atom. The van der Waals surface area contributed by atoms with Crippen molar-refractivity contribution in [3.63, 3.8) is 0 Å². The zero-order valence-electron chi connectivity index (χ0n) is 5.40. The Morgan fingerprint density at radius 3 is 2.50 bits per heavy atom. The maximum absolute atomic E-state index is 5.87. The standard InChI is InChI=1S/C6H9Cl3O/c7-2-4-1-5(8)6(9)3-10-4/h4-6H,1-3H2. The number of hydrogen-bond acceptors (Lipinski definition) is 1. The molecule has 0 aliphatic carbocycles. The molecule has 0 N–H and O–H groups in total. The molecule has 0 aromatic rings. The first kappa shape index (κ1) is 8.92. The summed E-state index contributed by atoms with van der Waals surface area (Å²) in [6.45, 7) is 0.521. The van der Waals surface area contributed by atoms with E-state index in [4.69, 9.17) is 39.5 Å². The second-order valence-corrected chi connectivity index (χ2v) is 3.81. The lowest BCUT2D eigenvalue weighted by atomic mass is 10.1. The third-order valence-corrected chi connectivity index (χ3v) is 2.93. The predicted octanol–water partition coefficient (Wildman–Crippen LogP) is 2.23. The molecule has 10 heavy (non-hydrogen) atoms. The van der Waals surface area contributed by atoms with Crippen LogP contribution >= 0.6 is 34.8 Å². The minimum atomic E-state index is -0.0545. The third kappa shape index (κ3) is 2.16. The average Bonchev–Trinajstić information content (AvgIpc) is 1.95. The topological polar surface area (TPSA) is 9.23 Å². The SMILES string of the molecule is ClCC1CC(Cl)C(Cl)CO1. The van der Waals surface area contributed by atoms with Gasteiger partial charge in [0.15, 0.2) is 0 Å². The van der Waals surface area contributed by atoms with Crippen LogP contribution in [0.5, 0.6) is 0 Å². The van der Waals surface area contributed by atoms with Gasteiger partial charge >= 0.3 is 0 Å². The molecule has 0 bridgehead atoms. The largest absolute Gasteiger partial charge is 0.375 e. The number of alkyl halides is 3. The zero-order valence-corrected chi connectivity index (χ0v) is 7.66. The lowest BCUT2D eigenvalue weighted by molar-refractivity contribution is 0.0351. The van der Waals surface area contributed by atoms with Crippen LogP contribution in [0.4, 0.5) is 0 Å². The van der Waals surface area contributed by atoms with Gasteiger partial charge in [-0.25, -0.2) is 0 Å². The Hall–Kier alpha value is 0.830. The molecule has 3 unspecified atom stereocenters. The van der Waals surface area contributed by atoms with Gasteiger partial charge in [0.25, 0.3) is 0 Å². The summed E-state index contributed by atoms with van der Waals surface area (Å²) in [5.41, 5.74) is 0. The van der Waals surface area contributed by atoms with E-state index in [1.54, 1.807) is 0 Å². The Kier molecular flexibility index (Phi) is 3.58. The van der Waals surface area contributed by atoms with E-state index in [2.05, 4.69) is 0 Å². The van der Waals surface area contributed by atoms with E-state index < -0.39 is 0 Å². The average molecular weight is 203 g/mol. The molecule has 0 aromatic heterocycles. The molecule has 1 rings (SSSR count). The van der Waals surface area contributed by atoms with Gasteiger partial charge in [0.2, 0.25) is 0 Å². The summed E-state index contributed by atoms with van der Waals surface area (Å²) in [7, 11) is 0. The van der Waals surface area contributed by atoms with E-state index in [0.29, 0.717) is 12.5 Å². The zero-order chi connectivity index (χ0) is 7.56. The summed E-state index contributed by atoms with van der Waals surface area (Å²) >= 11 is 17.2. The quantitative estimate of drug-likeness (QED) is 0.594. The summed E-state index contributed by atoms with van der Waals surface area (Å²) in [5.74, 6) is 0.507. The van der Waals surface area contributed by atoms with E-state index in [-0.39, 0.29) is 16.9 Å². The van der Waals surface area contributed by atoms with Crippen LogP contribution in [0, 0.1) is 0 Å². The van der Waals surface area contributed by atoms with Gasteiger partial charge in [0, 0.05) is 5.88 Å². The summed E-state index contributed by atoms with van der Waals surface area (Å²) < 4.78 is 5.26. The fourth-order valence-corrected chi connectivity index (χ4v) is 1.57. The first-order valence-corrected chi connectivity index (χ1v) is 4.60. The summed E-state index contributed by atoms with van der Waals surface area (Å²) in [5, 5.41) is -0.0414. The van der Waals surface area contributed by atoms with Crippen molar-refractivity contribution in [2.45, 2.75) is 23.3 Å². The van der Waals surface area contributed by atoms with Crippen molar-refractivity contribution in [3.05, 3.63) is 0 Å². The molecule has 3 atom stereocenters. The summed E-state index contributed by atoms with van der Waals surface area (Å²) in [6, 6.07) is 0. The molecule has 0 radical (unpaired) electrons. The Balaban J connectivity index is 2.33. The molecule has 4 heteroatoms. The third-order valence-electron chi connectivity index (χ3n) is 1.54. The molecular weight excluding hydrogens is 194 g/mol. The highest BCUT2D eigenvalue weighted by Crippen LogP contribution is 2.23. The van der Waals surface area contributed by atoms with Crippen molar-refractivity contribution in [2.75, 3.05) is 12.5 Å². The fourth-order valence-electron chi connectivity index (χ4n) is 0.907. The van der Waals surface area contributed by atoms with Crippen LogP contribution in [0.1, 0.15) is 6.42 Å². The number of hydrogen-bond donors (Lipinski definition) is 0. The molecule has 60 valence electrons. The second-order valence-electron chi connectivity index (χ2n) is 2.38. The molecule has 0 aromatic carbocycles. The minimum Gasteiger partial charge on any atom is -0.375 e. The van der Waals surface area contributed by atoms with E-state index in [9.17, 15) is 0 Å². The van der Waals surface area contributed by atoms with Crippen molar-refractivity contribution >= 4 is 34.8 Å². The van der Waals surface area contributed by atoms with E-state index in [1.807, 2.05) is 0 Å². The van der Waals surface area contributed by atoms with Gasteiger partial charge in [-0.2, -0.15) is 0 Å². The molecule has 0 amide bonds. The maximum atomic E-state index is 5.87. The van der Waals surface area contributed by atoms with Crippen molar-refractivity contribution in [1.82, 2.24) is 0 Å². The van der Waals surface area contributed by atoms with E-state index >= 15 is 0 Å². The smallest absolute Gasteiger partial charge is 0.0734 e. The number of ether oxygens (including phenoxy) is 1. The van der Waals surface area contributed by atoms with Crippen molar-refractivity contribution in [1.29, 1.82) is 0 Å². The van der Waals surface area contributed by atoms with Crippen LogP contribution in [0.25, 0.3) is 0 Å². The van der Waals surface area contributed by atoms with Gasteiger partial charge in [0.1, 0.15) is 0 Å². The molecule has 1 aliphatic rings. The van der Waals surface area contributed by atoms with Crippen molar-refractivity contribution in [2.24, 2.45) is 0 Å². The predicted molar refractivity (Wildman–Crippen MR) is 44.4 cm³/mol. The molecule has 1 nitrogen and oxygen atoms in total.